The molecule has 7 heteroatoms. The molecule has 0 spiro atoms. The van der Waals surface area contributed by atoms with Gasteiger partial charge in [0.05, 0.1) is 11.4 Å². The summed E-state index contributed by atoms with van der Waals surface area (Å²) in [6.45, 7) is 4.45. The number of carbonyl (C=O) groups is 1. The third-order valence-electron chi connectivity index (χ3n) is 3.79. The molecule has 0 unspecified atom stereocenters. The van der Waals surface area contributed by atoms with Crippen LogP contribution < -0.4 is 10.0 Å². The highest BCUT2D eigenvalue weighted by atomic mass is 35.5. The monoisotopic (exact) mass is 330 g/mol. The van der Waals surface area contributed by atoms with Gasteiger partial charge in [0, 0.05) is 12.2 Å². The summed E-state index contributed by atoms with van der Waals surface area (Å²) in [4.78, 5) is 11.4. The summed E-state index contributed by atoms with van der Waals surface area (Å²) in [5, 5.41) is 2.77. The van der Waals surface area contributed by atoms with Gasteiger partial charge in [-0.15, -0.1) is 0 Å². The molecule has 0 radical (unpaired) electrons. The van der Waals surface area contributed by atoms with Gasteiger partial charge in [0.1, 0.15) is 4.90 Å². The van der Waals surface area contributed by atoms with Gasteiger partial charge in [-0.3, -0.25) is 4.79 Å². The van der Waals surface area contributed by atoms with Crippen molar-refractivity contribution >= 4 is 33.2 Å². The van der Waals surface area contributed by atoms with E-state index in [0.29, 0.717) is 23.7 Å². The number of nitrogens with one attached hydrogen (secondary N) is 2. The topological polar surface area (TPSA) is 75.3 Å². The minimum Gasteiger partial charge on any atom is -0.325 e. The molecule has 2 N–H and O–H groups in total. The van der Waals surface area contributed by atoms with Gasteiger partial charge in [0.2, 0.25) is 15.9 Å². The summed E-state index contributed by atoms with van der Waals surface area (Å²) in [5.74, 6) is 0.150. The second kappa shape index (κ2) is 6.34. The van der Waals surface area contributed by atoms with Gasteiger partial charge in [0.25, 0.3) is 0 Å². The van der Waals surface area contributed by atoms with Crippen LogP contribution in [-0.2, 0) is 21.2 Å². The first-order valence-corrected chi connectivity index (χ1v) is 8.85. The van der Waals surface area contributed by atoms with Gasteiger partial charge in [-0.2, -0.15) is 0 Å². The summed E-state index contributed by atoms with van der Waals surface area (Å²) >= 11 is 6.05. The molecule has 0 atom stereocenters. The summed E-state index contributed by atoms with van der Waals surface area (Å²) in [6, 6.07) is 2.97. The molecule has 1 aliphatic heterocycles. The largest absolute Gasteiger partial charge is 0.325 e. The molecule has 1 amide bonds. The fraction of sp³-hybridized carbons (Fsp3) is 0.500. The molecule has 1 aromatic carbocycles. The molecule has 1 aliphatic rings. The number of hydrogen-bond acceptors (Lipinski definition) is 3. The molecular formula is C14H19ClN2O3S. The van der Waals surface area contributed by atoms with E-state index in [4.69, 9.17) is 11.6 Å². The minimum absolute atomic E-state index is 0.0328. The van der Waals surface area contributed by atoms with E-state index in [9.17, 15) is 13.2 Å². The van der Waals surface area contributed by atoms with Gasteiger partial charge < -0.3 is 5.32 Å². The Kier molecular flexibility index (Phi) is 4.91. The zero-order valence-electron chi connectivity index (χ0n) is 12.1. The van der Waals surface area contributed by atoms with E-state index >= 15 is 0 Å². The van der Waals surface area contributed by atoms with Crippen LogP contribution in [0.3, 0.4) is 0 Å². The van der Waals surface area contributed by atoms with E-state index < -0.39 is 10.0 Å². The quantitative estimate of drug-likeness (QED) is 0.841. The molecule has 21 heavy (non-hydrogen) atoms. The Morgan fingerprint density at radius 2 is 2.00 bits per heavy atom. The van der Waals surface area contributed by atoms with Crippen LogP contribution >= 0.6 is 11.6 Å². The van der Waals surface area contributed by atoms with Crippen LogP contribution in [-0.4, -0.2) is 20.9 Å². The highest BCUT2D eigenvalue weighted by Crippen LogP contribution is 2.32. The predicted molar refractivity (Wildman–Crippen MR) is 83.0 cm³/mol. The van der Waals surface area contributed by atoms with Gasteiger partial charge in [-0.05, 0) is 23.6 Å². The molecule has 2 rings (SSSR count). The number of sulfonamides is 1. The normalized spacial score (nSPS) is 14.4. The lowest BCUT2D eigenvalue weighted by Crippen LogP contribution is -2.29. The van der Waals surface area contributed by atoms with Crippen molar-refractivity contribution in [1.82, 2.24) is 4.72 Å². The van der Waals surface area contributed by atoms with Crippen molar-refractivity contribution in [3.63, 3.8) is 0 Å². The van der Waals surface area contributed by atoms with E-state index in [1.54, 1.807) is 0 Å². The van der Waals surface area contributed by atoms with Crippen molar-refractivity contribution < 1.29 is 13.2 Å². The average Bonchev–Trinajstić information content (AvgIpc) is 2.78. The second-order valence-corrected chi connectivity index (χ2v) is 7.34. The van der Waals surface area contributed by atoms with Gasteiger partial charge >= 0.3 is 0 Å². The van der Waals surface area contributed by atoms with Crippen LogP contribution in [0.2, 0.25) is 5.02 Å². The summed E-state index contributed by atoms with van der Waals surface area (Å²) in [5.41, 5.74) is 1.25. The van der Waals surface area contributed by atoms with E-state index in [2.05, 4.69) is 10.0 Å². The molecule has 116 valence electrons. The third-order valence-corrected chi connectivity index (χ3v) is 5.68. The van der Waals surface area contributed by atoms with Crippen molar-refractivity contribution in [2.75, 3.05) is 11.9 Å². The summed E-state index contributed by atoms with van der Waals surface area (Å²) < 4.78 is 27.3. The SMILES string of the molecule is CCC(CC)CNS(=O)(=O)c1cc2c(cc1Cl)NC(=O)C2. The number of rotatable bonds is 6. The third kappa shape index (κ3) is 3.56. The number of halogens is 1. The van der Waals surface area contributed by atoms with E-state index in [1.165, 1.54) is 12.1 Å². The van der Waals surface area contributed by atoms with E-state index in [0.717, 1.165) is 12.8 Å². The number of carbonyl (C=O) groups excluding carboxylic acids is 1. The number of hydrogen-bond donors (Lipinski definition) is 2. The Labute approximate surface area is 130 Å². The van der Waals surface area contributed by atoms with Crippen molar-refractivity contribution in [1.29, 1.82) is 0 Å². The zero-order chi connectivity index (χ0) is 15.6. The van der Waals surface area contributed by atoms with Crippen LogP contribution in [0.4, 0.5) is 5.69 Å². The first kappa shape index (κ1) is 16.3. The minimum atomic E-state index is -3.67. The number of benzene rings is 1. The molecule has 0 saturated carbocycles. The van der Waals surface area contributed by atoms with Crippen LogP contribution in [0.1, 0.15) is 32.3 Å². The lowest BCUT2D eigenvalue weighted by molar-refractivity contribution is -0.115. The maximum Gasteiger partial charge on any atom is 0.242 e. The van der Waals surface area contributed by atoms with Crippen molar-refractivity contribution in [3.8, 4) is 0 Å². The lowest BCUT2D eigenvalue weighted by atomic mass is 10.0. The van der Waals surface area contributed by atoms with E-state index in [1.807, 2.05) is 13.8 Å². The molecule has 0 aliphatic carbocycles. The molecule has 1 heterocycles. The van der Waals surface area contributed by atoms with Crippen LogP contribution in [0, 0.1) is 5.92 Å². The highest BCUT2D eigenvalue weighted by Gasteiger charge is 2.25. The highest BCUT2D eigenvalue weighted by molar-refractivity contribution is 7.89. The van der Waals surface area contributed by atoms with Crippen molar-refractivity contribution in [2.24, 2.45) is 5.92 Å². The number of fused-ring (bicyclic) bond motifs is 1. The molecule has 0 aromatic heterocycles. The van der Waals surface area contributed by atoms with E-state index in [-0.39, 0.29) is 22.2 Å². The van der Waals surface area contributed by atoms with Crippen molar-refractivity contribution in [3.05, 3.63) is 22.7 Å². The Hall–Kier alpha value is -1.11. The second-order valence-electron chi connectivity index (χ2n) is 5.20. The fourth-order valence-electron chi connectivity index (χ4n) is 2.31. The maximum atomic E-state index is 12.4. The Morgan fingerprint density at radius 3 is 2.62 bits per heavy atom. The molecule has 5 nitrogen and oxygen atoms in total. The molecule has 0 bridgehead atoms. The Bertz CT molecular complexity index is 654. The first-order valence-electron chi connectivity index (χ1n) is 6.99. The lowest BCUT2D eigenvalue weighted by Gasteiger charge is -2.15. The number of amides is 1. The van der Waals surface area contributed by atoms with Gasteiger partial charge in [-0.25, -0.2) is 13.1 Å². The van der Waals surface area contributed by atoms with Crippen LogP contribution in [0.15, 0.2) is 17.0 Å². The Balaban J connectivity index is 2.25. The first-order chi connectivity index (χ1) is 9.87. The summed E-state index contributed by atoms with van der Waals surface area (Å²) in [7, 11) is -3.67. The number of anilines is 1. The van der Waals surface area contributed by atoms with Crippen LogP contribution in [0.25, 0.3) is 0 Å². The van der Waals surface area contributed by atoms with Crippen LogP contribution in [0.5, 0.6) is 0 Å². The standard InChI is InChI=1S/C14H19ClN2O3S/c1-3-9(4-2)8-16-21(19,20)13-5-10-6-14(18)17-12(10)7-11(13)15/h5,7,9,16H,3-4,6,8H2,1-2H3,(H,17,18). The molecular weight excluding hydrogens is 312 g/mol. The predicted octanol–water partition coefficient (Wildman–Crippen LogP) is 2.55. The maximum absolute atomic E-state index is 12.4. The molecule has 0 fully saturated rings. The summed E-state index contributed by atoms with van der Waals surface area (Å²) in [6.07, 6.45) is 2.01. The molecule has 1 aromatic rings. The van der Waals surface area contributed by atoms with Gasteiger partial charge in [0.15, 0.2) is 0 Å². The van der Waals surface area contributed by atoms with Crippen molar-refractivity contribution in [2.45, 2.75) is 38.0 Å². The van der Waals surface area contributed by atoms with Gasteiger partial charge in [-0.1, -0.05) is 38.3 Å². The molecule has 0 saturated heterocycles. The smallest absolute Gasteiger partial charge is 0.242 e. The fourth-order valence-corrected chi connectivity index (χ4v) is 4.01. The Morgan fingerprint density at radius 1 is 1.33 bits per heavy atom. The zero-order valence-corrected chi connectivity index (χ0v) is 13.6. The average molecular weight is 331 g/mol.